The lowest BCUT2D eigenvalue weighted by atomic mass is 10.5. The Morgan fingerprint density at radius 1 is 0.842 bits per heavy atom. The van der Waals surface area contributed by atoms with Crippen molar-refractivity contribution in [2.75, 3.05) is 0 Å². The van der Waals surface area contributed by atoms with E-state index in [0.717, 1.165) is 0 Å². The summed E-state index contributed by atoms with van der Waals surface area (Å²) in [6, 6.07) is 0. The van der Waals surface area contributed by atoms with Gasteiger partial charge in [0.2, 0.25) is 0 Å². The zero-order chi connectivity index (χ0) is 14.7. The number of carbonyl (C=O) groups is 2. The largest absolute Gasteiger partial charge is 0.480 e. The molecule has 1 aromatic rings. The van der Waals surface area contributed by atoms with Gasteiger partial charge in [-0.2, -0.15) is 0 Å². The summed E-state index contributed by atoms with van der Waals surface area (Å²) in [5, 5.41) is 17.2. The standard InChI is InChI=1S/C9H11N3O7/c1-2-10-7(17)11(3-5(13)14)9(19)12(8(10)18)4-6(15)16/h2-4H2,1H3,(H,13,14)(H,15,16). The second-order valence-electron chi connectivity index (χ2n) is 3.55. The van der Waals surface area contributed by atoms with Gasteiger partial charge < -0.3 is 10.2 Å². The molecular weight excluding hydrogens is 262 g/mol. The molecule has 0 bridgehead atoms. The second kappa shape index (κ2) is 5.33. The quantitative estimate of drug-likeness (QED) is 0.597. The number of hydrogen-bond acceptors (Lipinski definition) is 5. The van der Waals surface area contributed by atoms with Crippen LogP contribution in [0, 0.1) is 0 Å². The molecule has 0 unspecified atom stereocenters. The summed E-state index contributed by atoms with van der Waals surface area (Å²) < 4.78 is 1.19. The fourth-order valence-electron chi connectivity index (χ4n) is 1.49. The summed E-state index contributed by atoms with van der Waals surface area (Å²) >= 11 is 0. The molecule has 1 heterocycles. The maximum absolute atomic E-state index is 11.7. The predicted octanol–water partition coefficient (Wildman–Crippen LogP) is -2.64. The molecule has 0 fully saturated rings. The van der Waals surface area contributed by atoms with Crippen molar-refractivity contribution in [1.82, 2.24) is 13.7 Å². The third-order valence-corrected chi connectivity index (χ3v) is 2.29. The van der Waals surface area contributed by atoms with E-state index in [9.17, 15) is 24.0 Å². The Hall–Kier alpha value is -2.65. The Labute approximate surface area is 104 Å². The molecule has 0 aromatic carbocycles. The molecular formula is C9H11N3O7. The zero-order valence-electron chi connectivity index (χ0n) is 9.90. The Morgan fingerprint density at radius 3 is 1.42 bits per heavy atom. The van der Waals surface area contributed by atoms with Gasteiger partial charge in [-0.05, 0) is 6.92 Å². The van der Waals surface area contributed by atoms with E-state index >= 15 is 0 Å². The monoisotopic (exact) mass is 273 g/mol. The lowest BCUT2D eigenvalue weighted by Crippen LogP contribution is -2.55. The van der Waals surface area contributed by atoms with Gasteiger partial charge in [-0.25, -0.2) is 28.1 Å². The van der Waals surface area contributed by atoms with Crippen LogP contribution in [-0.4, -0.2) is 35.9 Å². The van der Waals surface area contributed by atoms with E-state index in [1.54, 1.807) is 0 Å². The number of carboxylic acid groups (broad SMARTS) is 2. The number of nitrogens with zero attached hydrogens (tertiary/aromatic N) is 3. The zero-order valence-corrected chi connectivity index (χ0v) is 9.90. The summed E-state index contributed by atoms with van der Waals surface area (Å²) in [4.78, 5) is 56.3. The van der Waals surface area contributed by atoms with Crippen molar-refractivity contribution in [2.45, 2.75) is 26.6 Å². The van der Waals surface area contributed by atoms with Crippen LogP contribution in [0.5, 0.6) is 0 Å². The molecule has 1 aromatic heterocycles. The highest BCUT2D eigenvalue weighted by Gasteiger charge is 2.17. The molecule has 104 valence electrons. The second-order valence-corrected chi connectivity index (χ2v) is 3.55. The van der Waals surface area contributed by atoms with Crippen molar-refractivity contribution in [3.63, 3.8) is 0 Å². The first-order valence-corrected chi connectivity index (χ1v) is 5.17. The van der Waals surface area contributed by atoms with Crippen LogP contribution in [0.4, 0.5) is 0 Å². The van der Waals surface area contributed by atoms with E-state index in [-0.39, 0.29) is 6.54 Å². The topological polar surface area (TPSA) is 141 Å². The van der Waals surface area contributed by atoms with Crippen molar-refractivity contribution >= 4 is 11.9 Å². The van der Waals surface area contributed by atoms with Gasteiger partial charge in [-0.1, -0.05) is 0 Å². The number of rotatable bonds is 5. The van der Waals surface area contributed by atoms with Crippen LogP contribution in [0.1, 0.15) is 6.92 Å². The van der Waals surface area contributed by atoms with E-state index in [0.29, 0.717) is 13.7 Å². The van der Waals surface area contributed by atoms with Crippen LogP contribution in [0.2, 0.25) is 0 Å². The molecule has 19 heavy (non-hydrogen) atoms. The molecule has 0 amide bonds. The number of hydrogen-bond donors (Lipinski definition) is 2. The van der Waals surface area contributed by atoms with Crippen LogP contribution >= 0.6 is 0 Å². The van der Waals surface area contributed by atoms with Crippen LogP contribution in [0.25, 0.3) is 0 Å². The Morgan fingerprint density at radius 2 is 1.16 bits per heavy atom. The Bertz CT molecular complexity index is 639. The maximum atomic E-state index is 11.7. The first-order chi connectivity index (χ1) is 8.79. The van der Waals surface area contributed by atoms with Crippen molar-refractivity contribution < 1.29 is 19.8 Å². The van der Waals surface area contributed by atoms with E-state index in [1.807, 2.05) is 0 Å². The molecule has 10 heteroatoms. The van der Waals surface area contributed by atoms with Crippen molar-refractivity contribution in [1.29, 1.82) is 0 Å². The molecule has 10 nitrogen and oxygen atoms in total. The van der Waals surface area contributed by atoms with Gasteiger partial charge in [0, 0.05) is 6.54 Å². The van der Waals surface area contributed by atoms with E-state index in [4.69, 9.17) is 10.2 Å². The smallest absolute Gasteiger partial charge is 0.337 e. The van der Waals surface area contributed by atoms with E-state index in [2.05, 4.69) is 0 Å². The minimum absolute atomic E-state index is 0.114. The van der Waals surface area contributed by atoms with Gasteiger partial charge in [0.15, 0.2) is 0 Å². The summed E-state index contributed by atoms with van der Waals surface area (Å²) in [6.45, 7) is -0.574. The molecule has 0 aliphatic heterocycles. The normalized spacial score (nSPS) is 10.4. The first kappa shape index (κ1) is 14.4. The minimum Gasteiger partial charge on any atom is -0.480 e. The number of aromatic nitrogens is 3. The predicted molar refractivity (Wildman–Crippen MR) is 60.2 cm³/mol. The molecule has 0 saturated carbocycles. The van der Waals surface area contributed by atoms with Crippen molar-refractivity contribution in [3.8, 4) is 0 Å². The van der Waals surface area contributed by atoms with Gasteiger partial charge in [0.25, 0.3) is 0 Å². The average Bonchev–Trinajstić information content (AvgIpc) is 2.30. The highest BCUT2D eigenvalue weighted by molar-refractivity contribution is 5.67. The van der Waals surface area contributed by atoms with Crippen molar-refractivity contribution in [2.24, 2.45) is 0 Å². The maximum Gasteiger partial charge on any atom is 0.337 e. The first-order valence-electron chi connectivity index (χ1n) is 5.17. The fraction of sp³-hybridized carbons (Fsp3) is 0.444. The summed E-state index contributed by atoms with van der Waals surface area (Å²) in [5.74, 6) is -2.91. The molecule has 0 aliphatic rings. The van der Waals surface area contributed by atoms with Crippen LogP contribution in [-0.2, 0) is 29.2 Å². The van der Waals surface area contributed by atoms with Gasteiger partial charge in [-0.15, -0.1) is 0 Å². The molecule has 1 rings (SSSR count). The lowest BCUT2D eigenvalue weighted by molar-refractivity contribution is -0.138. The molecule has 0 aliphatic carbocycles. The SMILES string of the molecule is CCn1c(=O)n(CC(=O)O)c(=O)n(CC(=O)O)c1=O. The van der Waals surface area contributed by atoms with E-state index < -0.39 is 42.1 Å². The van der Waals surface area contributed by atoms with Gasteiger partial charge in [0.1, 0.15) is 13.1 Å². The molecule has 0 saturated heterocycles. The molecule has 0 spiro atoms. The number of aliphatic carboxylic acids is 2. The average molecular weight is 273 g/mol. The third kappa shape index (κ3) is 2.78. The molecule has 2 N–H and O–H groups in total. The van der Waals surface area contributed by atoms with Gasteiger partial charge in [0.05, 0.1) is 0 Å². The third-order valence-electron chi connectivity index (χ3n) is 2.29. The lowest BCUT2D eigenvalue weighted by Gasteiger charge is -2.10. The summed E-state index contributed by atoms with van der Waals surface area (Å²) in [7, 11) is 0. The van der Waals surface area contributed by atoms with Crippen LogP contribution in [0.15, 0.2) is 14.4 Å². The summed E-state index contributed by atoms with van der Waals surface area (Å²) in [5.41, 5.74) is -3.42. The Balaban J connectivity index is 3.71. The van der Waals surface area contributed by atoms with Crippen molar-refractivity contribution in [3.05, 3.63) is 31.5 Å². The minimum atomic E-state index is -1.46. The molecule has 0 radical (unpaired) electrons. The van der Waals surface area contributed by atoms with E-state index in [1.165, 1.54) is 6.92 Å². The van der Waals surface area contributed by atoms with Gasteiger partial charge in [-0.3, -0.25) is 9.59 Å². The fourth-order valence-corrected chi connectivity index (χ4v) is 1.49. The number of carboxylic acids is 2. The highest BCUT2D eigenvalue weighted by atomic mass is 16.4. The summed E-state index contributed by atoms with van der Waals surface area (Å²) in [6.07, 6.45) is 0. The van der Waals surface area contributed by atoms with Gasteiger partial charge >= 0.3 is 29.0 Å². The van der Waals surface area contributed by atoms with Crippen LogP contribution < -0.4 is 17.1 Å². The highest BCUT2D eigenvalue weighted by Crippen LogP contribution is 1.78. The Kier molecular flexibility index (Phi) is 4.04. The van der Waals surface area contributed by atoms with Crippen LogP contribution in [0.3, 0.4) is 0 Å². The molecule has 0 atom stereocenters.